The van der Waals surface area contributed by atoms with Gasteiger partial charge >= 0.3 is 0 Å². The zero-order chi connectivity index (χ0) is 21.5. The SMILES string of the molecule is CC(C)N1CCC(Oc2ccc3c(c2)cc2n3CC(C)N(c3ccncc3)C2=O)CC1. The fraction of sp³-hybridized carbons (Fsp3) is 0.440. The fourth-order valence-electron chi connectivity index (χ4n) is 4.94. The van der Waals surface area contributed by atoms with Gasteiger partial charge in [0.05, 0.1) is 6.04 Å². The summed E-state index contributed by atoms with van der Waals surface area (Å²) < 4.78 is 8.47. The molecular weight excluding hydrogens is 388 g/mol. The van der Waals surface area contributed by atoms with Crippen molar-refractivity contribution in [1.82, 2.24) is 14.5 Å². The summed E-state index contributed by atoms with van der Waals surface area (Å²) in [5.41, 5.74) is 2.71. The Balaban J connectivity index is 1.38. The third-order valence-electron chi connectivity index (χ3n) is 6.65. The second-order valence-corrected chi connectivity index (χ2v) is 9.04. The lowest BCUT2D eigenvalue weighted by molar-refractivity contribution is 0.0844. The van der Waals surface area contributed by atoms with E-state index in [1.807, 2.05) is 23.1 Å². The van der Waals surface area contributed by atoms with E-state index in [0.717, 1.165) is 60.5 Å². The molecule has 4 heterocycles. The zero-order valence-electron chi connectivity index (χ0n) is 18.5. The van der Waals surface area contributed by atoms with Gasteiger partial charge in [-0.15, -0.1) is 0 Å². The predicted octanol–water partition coefficient (Wildman–Crippen LogP) is 4.34. The standard InChI is InChI=1S/C25H30N4O2/c1-17(2)27-12-8-21(9-13-27)31-22-4-5-23-19(14-22)15-24-25(30)29(18(3)16-28(23)24)20-6-10-26-11-7-20/h4-7,10-11,14-15,17-18,21H,8-9,12-13,16H2,1-3H3. The first-order valence-electron chi connectivity index (χ1n) is 11.3. The minimum Gasteiger partial charge on any atom is -0.490 e. The number of piperidine rings is 1. The number of aromatic nitrogens is 2. The van der Waals surface area contributed by atoms with Gasteiger partial charge in [-0.3, -0.25) is 9.78 Å². The summed E-state index contributed by atoms with van der Waals surface area (Å²) in [5.74, 6) is 0.926. The topological polar surface area (TPSA) is 50.6 Å². The molecule has 1 atom stereocenters. The van der Waals surface area contributed by atoms with Crippen LogP contribution < -0.4 is 9.64 Å². The highest BCUT2D eigenvalue weighted by Crippen LogP contribution is 2.32. The summed E-state index contributed by atoms with van der Waals surface area (Å²) in [6.07, 6.45) is 5.83. The highest BCUT2D eigenvalue weighted by molar-refractivity contribution is 6.09. The van der Waals surface area contributed by atoms with E-state index >= 15 is 0 Å². The molecule has 0 bridgehead atoms. The van der Waals surface area contributed by atoms with E-state index in [0.29, 0.717) is 6.04 Å². The number of amides is 1. The summed E-state index contributed by atoms with van der Waals surface area (Å²) in [6.45, 7) is 9.53. The van der Waals surface area contributed by atoms with E-state index in [9.17, 15) is 4.79 Å². The Morgan fingerprint density at radius 3 is 2.52 bits per heavy atom. The van der Waals surface area contributed by atoms with Crippen molar-refractivity contribution < 1.29 is 9.53 Å². The van der Waals surface area contributed by atoms with Crippen molar-refractivity contribution in [2.75, 3.05) is 18.0 Å². The summed E-state index contributed by atoms with van der Waals surface area (Å²) in [6, 6.07) is 12.7. The molecule has 3 aromatic rings. The molecule has 0 aliphatic carbocycles. The lowest BCUT2D eigenvalue weighted by Gasteiger charge is -2.35. The maximum atomic E-state index is 13.3. The molecule has 0 radical (unpaired) electrons. The quantitative estimate of drug-likeness (QED) is 0.633. The van der Waals surface area contributed by atoms with E-state index in [-0.39, 0.29) is 18.1 Å². The Hall–Kier alpha value is -2.86. The molecular formula is C25H30N4O2. The van der Waals surface area contributed by atoms with Gasteiger partial charge in [-0.25, -0.2) is 0 Å². The molecule has 2 aliphatic rings. The van der Waals surface area contributed by atoms with Gasteiger partial charge in [-0.2, -0.15) is 0 Å². The first kappa shape index (κ1) is 20.1. The molecule has 1 unspecified atom stereocenters. The molecule has 1 saturated heterocycles. The second-order valence-electron chi connectivity index (χ2n) is 9.04. The van der Waals surface area contributed by atoms with Crippen LogP contribution in [0.5, 0.6) is 5.75 Å². The van der Waals surface area contributed by atoms with E-state index in [2.05, 4.69) is 53.4 Å². The van der Waals surface area contributed by atoms with Crippen molar-refractivity contribution in [1.29, 1.82) is 0 Å². The van der Waals surface area contributed by atoms with Crippen molar-refractivity contribution in [2.24, 2.45) is 0 Å². The Bertz CT molecular complexity index is 1080. The average Bonchev–Trinajstić information content (AvgIpc) is 3.13. The molecule has 0 spiro atoms. The maximum absolute atomic E-state index is 13.3. The van der Waals surface area contributed by atoms with Crippen LogP contribution in [0.3, 0.4) is 0 Å². The zero-order valence-corrected chi connectivity index (χ0v) is 18.5. The predicted molar refractivity (Wildman–Crippen MR) is 123 cm³/mol. The van der Waals surface area contributed by atoms with Gasteiger partial charge in [-0.1, -0.05) is 0 Å². The maximum Gasteiger partial charge on any atom is 0.275 e. The second kappa shape index (κ2) is 8.00. The smallest absolute Gasteiger partial charge is 0.275 e. The Kier molecular flexibility index (Phi) is 5.18. The first-order chi connectivity index (χ1) is 15.0. The summed E-state index contributed by atoms with van der Waals surface area (Å²) in [7, 11) is 0. The average molecular weight is 419 g/mol. The van der Waals surface area contributed by atoms with Crippen molar-refractivity contribution >= 4 is 22.5 Å². The molecule has 5 rings (SSSR count). The number of benzene rings is 1. The van der Waals surface area contributed by atoms with E-state index in [4.69, 9.17) is 4.74 Å². The van der Waals surface area contributed by atoms with Crippen LogP contribution in [0.15, 0.2) is 48.8 Å². The highest BCUT2D eigenvalue weighted by atomic mass is 16.5. The van der Waals surface area contributed by atoms with Crippen molar-refractivity contribution in [3.8, 4) is 5.75 Å². The molecule has 1 amide bonds. The highest BCUT2D eigenvalue weighted by Gasteiger charge is 2.32. The number of pyridine rings is 1. The summed E-state index contributed by atoms with van der Waals surface area (Å²) >= 11 is 0. The fourth-order valence-corrected chi connectivity index (χ4v) is 4.94. The van der Waals surface area contributed by atoms with Gasteiger partial charge in [0, 0.05) is 54.7 Å². The van der Waals surface area contributed by atoms with Crippen LogP contribution in [0.25, 0.3) is 10.9 Å². The number of hydrogen-bond donors (Lipinski definition) is 0. The molecule has 6 nitrogen and oxygen atoms in total. The van der Waals surface area contributed by atoms with E-state index < -0.39 is 0 Å². The first-order valence-corrected chi connectivity index (χ1v) is 11.3. The molecule has 31 heavy (non-hydrogen) atoms. The molecule has 0 N–H and O–H groups in total. The molecule has 1 fully saturated rings. The van der Waals surface area contributed by atoms with Crippen molar-refractivity contribution in [2.45, 2.75) is 58.3 Å². The lowest BCUT2D eigenvalue weighted by Crippen LogP contribution is -2.46. The molecule has 0 saturated carbocycles. The number of carbonyl (C=O) groups is 1. The molecule has 2 aliphatic heterocycles. The number of rotatable bonds is 4. The number of ether oxygens (including phenoxy) is 1. The molecule has 162 valence electrons. The van der Waals surface area contributed by atoms with Crippen LogP contribution in [0, 0.1) is 0 Å². The lowest BCUT2D eigenvalue weighted by atomic mass is 10.1. The third kappa shape index (κ3) is 3.69. The van der Waals surface area contributed by atoms with Gasteiger partial charge < -0.3 is 19.1 Å². The van der Waals surface area contributed by atoms with Gasteiger partial charge in [0.15, 0.2) is 0 Å². The van der Waals surface area contributed by atoms with Gasteiger partial charge in [0.25, 0.3) is 5.91 Å². The van der Waals surface area contributed by atoms with Gasteiger partial charge in [0.1, 0.15) is 17.5 Å². The van der Waals surface area contributed by atoms with Crippen LogP contribution in [0.2, 0.25) is 0 Å². The number of nitrogens with zero attached hydrogens (tertiary/aromatic N) is 4. The van der Waals surface area contributed by atoms with Crippen LogP contribution in [-0.2, 0) is 6.54 Å². The number of fused-ring (bicyclic) bond motifs is 3. The third-order valence-corrected chi connectivity index (χ3v) is 6.65. The van der Waals surface area contributed by atoms with E-state index in [1.165, 1.54) is 0 Å². The molecule has 1 aromatic carbocycles. The van der Waals surface area contributed by atoms with Crippen molar-refractivity contribution in [3.63, 3.8) is 0 Å². The van der Waals surface area contributed by atoms with Gasteiger partial charge in [0.2, 0.25) is 0 Å². The Labute approximate surface area is 183 Å². The molecule has 6 heteroatoms. The van der Waals surface area contributed by atoms with Crippen LogP contribution in [-0.4, -0.2) is 51.6 Å². The largest absolute Gasteiger partial charge is 0.490 e. The number of anilines is 1. The molecule has 2 aromatic heterocycles. The van der Waals surface area contributed by atoms with Crippen LogP contribution >= 0.6 is 0 Å². The summed E-state index contributed by atoms with van der Waals surface area (Å²) in [4.78, 5) is 21.8. The normalized spacial score (nSPS) is 20.5. The van der Waals surface area contributed by atoms with E-state index in [1.54, 1.807) is 12.4 Å². The monoisotopic (exact) mass is 418 g/mol. The number of likely N-dealkylation sites (tertiary alicyclic amines) is 1. The van der Waals surface area contributed by atoms with Crippen LogP contribution in [0.1, 0.15) is 44.1 Å². The number of carbonyl (C=O) groups excluding carboxylic acids is 1. The van der Waals surface area contributed by atoms with Crippen LogP contribution in [0.4, 0.5) is 5.69 Å². The van der Waals surface area contributed by atoms with Crippen molar-refractivity contribution in [3.05, 3.63) is 54.5 Å². The summed E-state index contributed by atoms with van der Waals surface area (Å²) in [5, 5.41) is 1.06. The minimum absolute atomic E-state index is 0.0321. The Morgan fingerprint density at radius 2 is 1.81 bits per heavy atom. The van der Waals surface area contributed by atoms with Gasteiger partial charge in [-0.05, 0) is 70.0 Å². The Morgan fingerprint density at radius 1 is 1.06 bits per heavy atom. The minimum atomic E-state index is 0.0321. The number of hydrogen-bond acceptors (Lipinski definition) is 4.